The van der Waals surface area contributed by atoms with E-state index in [1.807, 2.05) is 13.0 Å². The molecule has 0 radical (unpaired) electrons. The molecule has 32 heavy (non-hydrogen) atoms. The van der Waals surface area contributed by atoms with Crippen molar-refractivity contribution in [3.63, 3.8) is 0 Å². The van der Waals surface area contributed by atoms with Gasteiger partial charge in [-0.25, -0.2) is 13.4 Å². The first-order valence-electron chi connectivity index (χ1n) is 10.0. The van der Waals surface area contributed by atoms with Gasteiger partial charge in [-0.2, -0.15) is 4.31 Å². The average Bonchev–Trinajstić information content (AvgIpc) is 2.79. The second-order valence-electron chi connectivity index (χ2n) is 7.32. The van der Waals surface area contributed by atoms with Gasteiger partial charge in [-0.3, -0.25) is 4.79 Å². The van der Waals surface area contributed by atoms with Crippen LogP contribution in [0.1, 0.15) is 5.56 Å². The molecule has 4 rings (SSSR count). The molecule has 0 aliphatic carbocycles. The first-order valence-corrected chi connectivity index (χ1v) is 12.8. The van der Waals surface area contributed by atoms with Crippen LogP contribution < -0.4 is 5.32 Å². The van der Waals surface area contributed by atoms with E-state index in [9.17, 15) is 13.2 Å². The minimum absolute atomic E-state index is 0.149. The van der Waals surface area contributed by atoms with E-state index in [0.29, 0.717) is 47.6 Å². The normalized spacial score (nSPS) is 15.1. The zero-order chi connectivity index (χ0) is 22.7. The number of fused-ring (bicyclic) bond motifs is 1. The number of ether oxygens (including phenoxy) is 1. The fourth-order valence-corrected chi connectivity index (χ4v) is 5.72. The van der Waals surface area contributed by atoms with Crippen LogP contribution >= 0.6 is 23.4 Å². The summed E-state index contributed by atoms with van der Waals surface area (Å²) in [6, 6.07) is 13.8. The lowest BCUT2D eigenvalue weighted by atomic mass is 10.1. The van der Waals surface area contributed by atoms with Crippen molar-refractivity contribution in [2.75, 3.05) is 37.4 Å². The van der Waals surface area contributed by atoms with Crippen LogP contribution in [-0.4, -0.2) is 55.7 Å². The molecule has 7 nitrogen and oxygen atoms in total. The number of hydrogen-bond donors (Lipinski definition) is 1. The molecule has 10 heteroatoms. The van der Waals surface area contributed by atoms with Gasteiger partial charge >= 0.3 is 0 Å². The third kappa shape index (κ3) is 5.24. The number of nitrogens with zero attached hydrogens (tertiary/aromatic N) is 2. The van der Waals surface area contributed by atoms with Crippen LogP contribution in [0.4, 0.5) is 5.69 Å². The summed E-state index contributed by atoms with van der Waals surface area (Å²) in [5, 5.41) is 4.90. The van der Waals surface area contributed by atoms with Crippen molar-refractivity contribution in [1.82, 2.24) is 9.29 Å². The zero-order valence-corrected chi connectivity index (χ0v) is 19.8. The summed E-state index contributed by atoms with van der Waals surface area (Å²) in [7, 11) is -3.58. The predicted octanol–water partition coefficient (Wildman–Crippen LogP) is 3.95. The van der Waals surface area contributed by atoms with Crippen LogP contribution in [0.2, 0.25) is 5.02 Å². The van der Waals surface area contributed by atoms with Crippen LogP contribution in [-0.2, 0) is 19.6 Å². The SMILES string of the molecule is Cc1cc(SCC(=O)Nc2ccc(Cl)cc2)nc2ccc(S(=O)(=O)N3CCOCC3)cc12. The number of aryl methyl sites for hydroxylation is 1. The third-order valence-electron chi connectivity index (χ3n) is 5.05. The number of pyridine rings is 1. The molecule has 0 atom stereocenters. The van der Waals surface area contributed by atoms with Gasteiger partial charge in [0.25, 0.3) is 0 Å². The van der Waals surface area contributed by atoms with Crippen LogP contribution in [0.3, 0.4) is 0 Å². The Labute approximate surface area is 196 Å². The van der Waals surface area contributed by atoms with Crippen molar-refractivity contribution in [2.24, 2.45) is 0 Å². The Bertz CT molecular complexity index is 1240. The van der Waals surface area contributed by atoms with Crippen molar-refractivity contribution in [3.05, 3.63) is 59.1 Å². The molecule has 0 bridgehead atoms. The summed E-state index contributed by atoms with van der Waals surface area (Å²) in [5.41, 5.74) is 2.26. The van der Waals surface area contributed by atoms with Gasteiger partial charge in [0, 0.05) is 29.2 Å². The highest BCUT2D eigenvalue weighted by Crippen LogP contribution is 2.27. The maximum atomic E-state index is 12.9. The van der Waals surface area contributed by atoms with E-state index in [1.54, 1.807) is 42.5 Å². The van der Waals surface area contributed by atoms with Crippen molar-refractivity contribution >= 4 is 55.9 Å². The molecule has 1 N–H and O–H groups in total. The lowest BCUT2D eigenvalue weighted by Crippen LogP contribution is -2.40. The number of sulfonamides is 1. The van der Waals surface area contributed by atoms with E-state index in [-0.39, 0.29) is 16.6 Å². The number of anilines is 1. The van der Waals surface area contributed by atoms with Gasteiger partial charge in [-0.05, 0) is 61.0 Å². The van der Waals surface area contributed by atoms with Gasteiger partial charge in [-0.15, -0.1) is 0 Å². The number of rotatable bonds is 6. The van der Waals surface area contributed by atoms with E-state index in [0.717, 1.165) is 10.9 Å². The summed E-state index contributed by atoms with van der Waals surface area (Å²) in [4.78, 5) is 17.1. The summed E-state index contributed by atoms with van der Waals surface area (Å²) >= 11 is 7.18. The van der Waals surface area contributed by atoms with Gasteiger partial charge in [0.1, 0.15) is 0 Å². The van der Waals surface area contributed by atoms with Gasteiger partial charge in [-0.1, -0.05) is 23.4 Å². The highest BCUT2D eigenvalue weighted by Gasteiger charge is 2.26. The lowest BCUT2D eigenvalue weighted by molar-refractivity contribution is -0.113. The van der Waals surface area contributed by atoms with Crippen molar-refractivity contribution in [3.8, 4) is 0 Å². The Hall–Kier alpha value is -2.17. The summed E-state index contributed by atoms with van der Waals surface area (Å²) < 4.78 is 32.6. The molecular formula is C22H22ClN3O4S2. The van der Waals surface area contributed by atoms with E-state index < -0.39 is 10.0 Å². The molecule has 0 unspecified atom stereocenters. The minimum Gasteiger partial charge on any atom is -0.379 e. The van der Waals surface area contributed by atoms with Crippen molar-refractivity contribution < 1.29 is 17.9 Å². The van der Waals surface area contributed by atoms with E-state index in [2.05, 4.69) is 10.3 Å². The van der Waals surface area contributed by atoms with Crippen LogP contribution in [0.5, 0.6) is 0 Å². The number of aromatic nitrogens is 1. The van der Waals surface area contributed by atoms with Gasteiger partial charge < -0.3 is 10.1 Å². The summed E-state index contributed by atoms with van der Waals surface area (Å²) in [5.74, 6) is 0.0492. The van der Waals surface area contributed by atoms with Gasteiger partial charge in [0.05, 0.1) is 34.4 Å². The molecule has 0 saturated carbocycles. The molecule has 2 aromatic carbocycles. The molecule has 1 saturated heterocycles. The Morgan fingerprint density at radius 3 is 2.59 bits per heavy atom. The van der Waals surface area contributed by atoms with Crippen LogP contribution in [0.15, 0.2) is 58.5 Å². The van der Waals surface area contributed by atoms with E-state index >= 15 is 0 Å². The number of morpholine rings is 1. The standard InChI is InChI=1S/C22H22ClN3O4S2/c1-15-12-22(31-14-21(27)24-17-4-2-16(23)3-5-17)25-20-7-6-18(13-19(15)20)32(28,29)26-8-10-30-11-9-26/h2-7,12-13H,8-11,14H2,1H3,(H,24,27). The second-order valence-corrected chi connectivity index (χ2v) is 10.7. The zero-order valence-electron chi connectivity index (χ0n) is 17.4. The number of benzene rings is 2. The molecule has 0 spiro atoms. The Morgan fingerprint density at radius 1 is 1.16 bits per heavy atom. The fraction of sp³-hybridized carbons (Fsp3) is 0.273. The number of nitrogens with one attached hydrogen (secondary N) is 1. The molecule has 1 amide bonds. The monoisotopic (exact) mass is 491 g/mol. The third-order valence-corrected chi connectivity index (χ3v) is 8.11. The van der Waals surface area contributed by atoms with E-state index in [1.165, 1.54) is 16.1 Å². The smallest absolute Gasteiger partial charge is 0.243 e. The minimum atomic E-state index is -3.58. The highest BCUT2D eigenvalue weighted by atomic mass is 35.5. The van der Waals surface area contributed by atoms with Crippen LogP contribution in [0, 0.1) is 6.92 Å². The molecule has 2 heterocycles. The molecular weight excluding hydrogens is 470 g/mol. The number of carbonyl (C=O) groups excluding carboxylic acids is 1. The number of halogens is 1. The van der Waals surface area contributed by atoms with E-state index in [4.69, 9.17) is 16.3 Å². The average molecular weight is 492 g/mol. The number of hydrogen-bond acceptors (Lipinski definition) is 6. The Kier molecular flexibility index (Phi) is 7.02. The molecule has 3 aromatic rings. The quantitative estimate of drug-likeness (QED) is 0.525. The van der Waals surface area contributed by atoms with Crippen LogP contribution in [0.25, 0.3) is 10.9 Å². The van der Waals surface area contributed by atoms with Gasteiger partial charge in [0.15, 0.2) is 0 Å². The Morgan fingerprint density at radius 2 is 1.88 bits per heavy atom. The van der Waals surface area contributed by atoms with Crippen molar-refractivity contribution in [1.29, 1.82) is 0 Å². The molecule has 168 valence electrons. The summed E-state index contributed by atoms with van der Waals surface area (Å²) in [6.07, 6.45) is 0. The first kappa shape index (κ1) is 23.0. The predicted molar refractivity (Wildman–Crippen MR) is 127 cm³/mol. The molecule has 1 fully saturated rings. The van der Waals surface area contributed by atoms with Gasteiger partial charge in [0.2, 0.25) is 15.9 Å². The molecule has 1 aliphatic rings. The molecule has 1 aliphatic heterocycles. The maximum Gasteiger partial charge on any atom is 0.243 e. The number of thioether (sulfide) groups is 1. The number of amides is 1. The highest BCUT2D eigenvalue weighted by molar-refractivity contribution is 7.99. The van der Waals surface area contributed by atoms with Crippen molar-refractivity contribution in [2.45, 2.75) is 16.8 Å². The molecule has 1 aromatic heterocycles. The number of carbonyl (C=O) groups is 1. The second kappa shape index (κ2) is 9.76. The topological polar surface area (TPSA) is 88.6 Å². The largest absolute Gasteiger partial charge is 0.379 e. The lowest BCUT2D eigenvalue weighted by Gasteiger charge is -2.26. The summed E-state index contributed by atoms with van der Waals surface area (Å²) in [6.45, 7) is 3.42. The maximum absolute atomic E-state index is 12.9. The Balaban J connectivity index is 1.48. The first-order chi connectivity index (χ1) is 15.3. The fourth-order valence-electron chi connectivity index (χ4n) is 3.38.